The predicted octanol–water partition coefficient (Wildman–Crippen LogP) is 3.40. The Bertz CT molecular complexity index is 895. The first-order chi connectivity index (χ1) is 16.0. The number of hydrogen-bond donors (Lipinski definition) is 1. The largest absolute Gasteiger partial charge is 0.376 e. The molecule has 1 aromatic rings. The molecular weight excluding hydrogens is 416 g/mol. The Morgan fingerprint density at radius 3 is 2.48 bits per heavy atom. The van der Waals surface area contributed by atoms with E-state index >= 15 is 0 Å². The molecule has 4 saturated carbocycles. The van der Waals surface area contributed by atoms with Gasteiger partial charge in [0.15, 0.2) is 0 Å². The summed E-state index contributed by atoms with van der Waals surface area (Å²) in [5.74, 6) is 1.57. The lowest BCUT2D eigenvalue weighted by Gasteiger charge is -2.62. The maximum absolute atomic E-state index is 13.7. The second kappa shape index (κ2) is 8.09. The Labute approximate surface area is 196 Å². The standard InChI is InChI=1S/C27H36N2O4/c1-18-11-27(17-32-16-24(30)28-27)23(29(18)25(31)26-12-19(13-26)14-26)15-33-22-9-7-21(8-10-22)20-5-3-2-4-6-20/h2-6,18-19,21-23H,7-17H2,1H3,(H,28,30)/t18-,19?,21?,22?,23+,26?,27-/m1/s1. The topological polar surface area (TPSA) is 67.9 Å². The zero-order valence-corrected chi connectivity index (χ0v) is 19.6. The van der Waals surface area contributed by atoms with Crippen molar-refractivity contribution in [3.63, 3.8) is 0 Å². The smallest absolute Gasteiger partial charge is 0.246 e. The molecule has 2 aliphatic heterocycles. The molecule has 4 aliphatic carbocycles. The number of nitrogens with zero attached hydrogens (tertiary/aromatic N) is 1. The SMILES string of the molecule is C[C@@H]1C[C@@]2(COCC(=O)N2)[C@H](COC2CCC(c3ccccc3)CC2)N1C(=O)C12CC(C1)C2. The van der Waals surface area contributed by atoms with E-state index in [4.69, 9.17) is 9.47 Å². The molecule has 33 heavy (non-hydrogen) atoms. The summed E-state index contributed by atoms with van der Waals surface area (Å²) >= 11 is 0. The second-order valence-electron chi connectivity index (χ2n) is 11.5. The van der Waals surface area contributed by atoms with Crippen LogP contribution in [0.2, 0.25) is 0 Å². The lowest BCUT2D eigenvalue weighted by Crippen LogP contribution is -2.68. The van der Waals surface area contributed by atoms with Gasteiger partial charge in [-0.05, 0) is 75.7 Å². The molecule has 1 spiro atoms. The van der Waals surface area contributed by atoms with E-state index in [0.717, 1.165) is 57.3 Å². The van der Waals surface area contributed by atoms with Crippen molar-refractivity contribution in [1.82, 2.24) is 10.2 Å². The second-order valence-corrected chi connectivity index (χ2v) is 11.5. The van der Waals surface area contributed by atoms with Gasteiger partial charge in [-0.2, -0.15) is 0 Å². The van der Waals surface area contributed by atoms with Crippen LogP contribution in [-0.2, 0) is 19.1 Å². The minimum atomic E-state index is -0.533. The Balaban J connectivity index is 1.15. The maximum atomic E-state index is 13.7. The van der Waals surface area contributed by atoms with Crippen molar-refractivity contribution in [2.24, 2.45) is 11.3 Å². The number of benzene rings is 1. The number of rotatable bonds is 5. The van der Waals surface area contributed by atoms with Gasteiger partial charge in [-0.3, -0.25) is 9.59 Å². The Hall–Kier alpha value is -1.92. The number of morpholine rings is 1. The molecule has 2 amide bonds. The lowest BCUT2D eigenvalue weighted by atomic mass is 9.44. The van der Waals surface area contributed by atoms with Crippen LogP contribution in [0.1, 0.15) is 69.8 Å². The van der Waals surface area contributed by atoms with Crippen LogP contribution in [0.15, 0.2) is 30.3 Å². The van der Waals surface area contributed by atoms with Crippen molar-refractivity contribution in [1.29, 1.82) is 0 Å². The number of ether oxygens (including phenoxy) is 2. The Morgan fingerprint density at radius 2 is 1.85 bits per heavy atom. The minimum absolute atomic E-state index is 0.0796. The van der Waals surface area contributed by atoms with Gasteiger partial charge >= 0.3 is 0 Å². The molecule has 1 N–H and O–H groups in total. The average molecular weight is 453 g/mol. The highest BCUT2D eigenvalue weighted by Gasteiger charge is 2.66. The monoisotopic (exact) mass is 452 g/mol. The molecular formula is C27H36N2O4. The van der Waals surface area contributed by atoms with Crippen LogP contribution in [0.4, 0.5) is 0 Å². The summed E-state index contributed by atoms with van der Waals surface area (Å²) in [6.45, 7) is 3.15. The number of amides is 2. The van der Waals surface area contributed by atoms with Crippen LogP contribution in [-0.4, -0.2) is 60.3 Å². The molecule has 0 unspecified atom stereocenters. The predicted molar refractivity (Wildman–Crippen MR) is 124 cm³/mol. The van der Waals surface area contributed by atoms with E-state index in [1.165, 1.54) is 5.56 Å². The van der Waals surface area contributed by atoms with Gasteiger partial charge in [-0.15, -0.1) is 0 Å². The third-order valence-electron chi connectivity index (χ3n) is 9.25. The minimum Gasteiger partial charge on any atom is -0.376 e. The first-order valence-electron chi connectivity index (χ1n) is 12.9. The zero-order chi connectivity index (χ0) is 22.6. The average Bonchev–Trinajstić information content (AvgIpc) is 3.01. The Kier molecular flexibility index (Phi) is 5.29. The van der Waals surface area contributed by atoms with E-state index in [1.54, 1.807) is 0 Å². The summed E-state index contributed by atoms with van der Waals surface area (Å²) < 4.78 is 12.2. The first kappa shape index (κ1) is 21.6. The van der Waals surface area contributed by atoms with Crippen molar-refractivity contribution in [2.75, 3.05) is 19.8 Å². The van der Waals surface area contributed by atoms with E-state index in [0.29, 0.717) is 19.1 Å². The van der Waals surface area contributed by atoms with Crippen molar-refractivity contribution in [3.05, 3.63) is 35.9 Å². The molecule has 2 heterocycles. The highest BCUT2D eigenvalue weighted by Crippen LogP contribution is 2.65. The van der Waals surface area contributed by atoms with Gasteiger partial charge in [-0.25, -0.2) is 0 Å². The molecule has 6 aliphatic rings. The van der Waals surface area contributed by atoms with Crippen molar-refractivity contribution in [2.45, 2.75) is 87.9 Å². The molecule has 2 bridgehead atoms. The van der Waals surface area contributed by atoms with Gasteiger partial charge in [-0.1, -0.05) is 30.3 Å². The summed E-state index contributed by atoms with van der Waals surface area (Å²) in [6, 6.07) is 10.7. The van der Waals surface area contributed by atoms with Crippen LogP contribution in [0.5, 0.6) is 0 Å². The molecule has 0 aromatic heterocycles. The van der Waals surface area contributed by atoms with Crippen molar-refractivity contribution < 1.29 is 19.1 Å². The van der Waals surface area contributed by atoms with Crippen LogP contribution >= 0.6 is 0 Å². The third kappa shape index (κ3) is 3.61. The molecule has 1 aromatic carbocycles. The molecule has 6 heteroatoms. The van der Waals surface area contributed by atoms with Gasteiger partial charge in [0.25, 0.3) is 0 Å². The molecule has 7 rings (SSSR count). The molecule has 178 valence electrons. The fraction of sp³-hybridized carbons (Fsp3) is 0.704. The molecule has 2 saturated heterocycles. The van der Waals surface area contributed by atoms with Gasteiger partial charge in [0.05, 0.1) is 36.3 Å². The van der Waals surface area contributed by atoms with E-state index in [2.05, 4.69) is 47.5 Å². The fourth-order valence-corrected chi connectivity index (χ4v) is 7.41. The van der Waals surface area contributed by atoms with Gasteiger partial charge < -0.3 is 19.7 Å². The van der Waals surface area contributed by atoms with E-state index < -0.39 is 5.54 Å². The van der Waals surface area contributed by atoms with Crippen LogP contribution in [0.25, 0.3) is 0 Å². The Morgan fingerprint density at radius 1 is 1.12 bits per heavy atom. The molecule has 6 fully saturated rings. The number of hydrogen-bond acceptors (Lipinski definition) is 4. The van der Waals surface area contributed by atoms with Crippen molar-refractivity contribution in [3.8, 4) is 0 Å². The number of nitrogens with one attached hydrogen (secondary N) is 1. The first-order valence-corrected chi connectivity index (χ1v) is 12.9. The van der Waals surface area contributed by atoms with Crippen LogP contribution in [0, 0.1) is 11.3 Å². The molecule has 0 radical (unpaired) electrons. The fourth-order valence-electron chi connectivity index (χ4n) is 7.41. The summed E-state index contributed by atoms with van der Waals surface area (Å²) in [6.07, 6.45) is 8.42. The van der Waals surface area contributed by atoms with Gasteiger partial charge in [0.2, 0.25) is 11.8 Å². The summed E-state index contributed by atoms with van der Waals surface area (Å²) in [4.78, 5) is 28.1. The van der Waals surface area contributed by atoms with Crippen LogP contribution in [0.3, 0.4) is 0 Å². The normalized spacial score (nSPS) is 41.9. The van der Waals surface area contributed by atoms with Gasteiger partial charge in [0, 0.05) is 6.04 Å². The maximum Gasteiger partial charge on any atom is 0.246 e. The number of carbonyl (C=O) groups excluding carboxylic acids is 2. The number of likely N-dealkylation sites (tertiary alicyclic amines) is 1. The lowest BCUT2D eigenvalue weighted by molar-refractivity contribution is -0.183. The van der Waals surface area contributed by atoms with E-state index in [-0.39, 0.29) is 42.0 Å². The number of carbonyl (C=O) groups is 2. The van der Waals surface area contributed by atoms with E-state index in [1.807, 2.05) is 0 Å². The zero-order valence-electron chi connectivity index (χ0n) is 19.6. The van der Waals surface area contributed by atoms with Crippen molar-refractivity contribution >= 4 is 11.8 Å². The molecule has 3 atom stereocenters. The highest BCUT2D eigenvalue weighted by molar-refractivity contribution is 5.87. The summed E-state index contributed by atoms with van der Waals surface area (Å²) in [5.41, 5.74) is 0.766. The third-order valence-corrected chi connectivity index (χ3v) is 9.25. The summed E-state index contributed by atoms with van der Waals surface area (Å²) in [7, 11) is 0. The molecule has 6 nitrogen and oxygen atoms in total. The van der Waals surface area contributed by atoms with E-state index in [9.17, 15) is 9.59 Å². The van der Waals surface area contributed by atoms with Crippen LogP contribution < -0.4 is 5.32 Å². The highest BCUT2D eigenvalue weighted by atomic mass is 16.5. The summed E-state index contributed by atoms with van der Waals surface area (Å²) in [5, 5.41) is 3.24. The quantitative estimate of drug-likeness (QED) is 0.744. The van der Waals surface area contributed by atoms with Gasteiger partial charge in [0.1, 0.15) is 6.61 Å².